The number of nitrogens with zero attached hydrogens (tertiary/aromatic N) is 3. The van der Waals surface area contributed by atoms with Gasteiger partial charge in [0.05, 0.1) is 20.3 Å². The summed E-state index contributed by atoms with van der Waals surface area (Å²) in [4.78, 5) is 9.53. The number of methoxy groups -OCH3 is 1. The lowest BCUT2D eigenvalue weighted by Gasteiger charge is -2.23. The number of aliphatic hydroxyl groups is 2. The van der Waals surface area contributed by atoms with Gasteiger partial charge in [0.25, 0.3) is 0 Å². The van der Waals surface area contributed by atoms with Gasteiger partial charge in [-0.25, -0.2) is 4.98 Å². The second-order valence-corrected chi connectivity index (χ2v) is 3.05. The van der Waals surface area contributed by atoms with Gasteiger partial charge >= 0.3 is 0 Å². The Balaban J connectivity index is 2.98. The maximum atomic E-state index is 8.90. The van der Waals surface area contributed by atoms with Gasteiger partial charge in [0.1, 0.15) is 12.0 Å². The molecule has 0 fully saturated rings. The van der Waals surface area contributed by atoms with E-state index in [1.165, 1.54) is 13.4 Å². The summed E-state index contributed by atoms with van der Waals surface area (Å²) in [5, 5.41) is 17.8. The molecular weight excluding hydrogens is 212 g/mol. The van der Waals surface area contributed by atoms with E-state index in [-0.39, 0.29) is 19.1 Å². The third-order valence-electron chi connectivity index (χ3n) is 2.06. The number of ether oxygens (including phenoxy) is 1. The molecule has 0 radical (unpaired) electrons. The van der Waals surface area contributed by atoms with E-state index in [2.05, 4.69) is 9.97 Å². The van der Waals surface area contributed by atoms with E-state index in [1.807, 2.05) is 0 Å². The molecule has 0 aliphatic heterocycles. The molecular formula is C9H16N4O3. The molecule has 0 aliphatic carbocycles. The molecule has 0 bridgehead atoms. The lowest BCUT2D eigenvalue weighted by atomic mass is 10.4. The van der Waals surface area contributed by atoms with Crippen molar-refractivity contribution in [2.75, 3.05) is 44.0 Å². The van der Waals surface area contributed by atoms with E-state index in [9.17, 15) is 0 Å². The summed E-state index contributed by atoms with van der Waals surface area (Å²) in [5.41, 5.74) is 6.10. The normalized spacial score (nSPS) is 10.2. The summed E-state index contributed by atoms with van der Waals surface area (Å²) in [6, 6.07) is 0. The Bertz CT molecular complexity index is 329. The highest BCUT2D eigenvalue weighted by Gasteiger charge is 2.14. The van der Waals surface area contributed by atoms with Gasteiger partial charge in [0.15, 0.2) is 5.82 Å². The minimum atomic E-state index is -0.0498. The molecule has 0 saturated heterocycles. The Labute approximate surface area is 93.5 Å². The van der Waals surface area contributed by atoms with Gasteiger partial charge in [-0.1, -0.05) is 0 Å². The van der Waals surface area contributed by atoms with Crippen molar-refractivity contribution >= 4 is 11.5 Å². The van der Waals surface area contributed by atoms with E-state index in [0.29, 0.717) is 24.6 Å². The van der Waals surface area contributed by atoms with Crippen molar-refractivity contribution in [2.24, 2.45) is 0 Å². The number of aliphatic hydroxyl groups excluding tert-OH is 2. The first-order chi connectivity index (χ1) is 7.74. The third-order valence-corrected chi connectivity index (χ3v) is 2.06. The summed E-state index contributed by atoms with van der Waals surface area (Å²) in [6.45, 7) is 0.577. The quantitative estimate of drug-likeness (QED) is 0.565. The average molecular weight is 228 g/mol. The summed E-state index contributed by atoms with van der Waals surface area (Å²) in [5.74, 6) is 0.737. The predicted octanol–water partition coefficient (Wildman–Crippen LogP) is -1.14. The second kappa shape index (κ2) is 6.09. The topological polar surface area (TPSA) is 105 Å². The van der Waals surface area contributed by atoms with Gasteiger partial charge in [-0.05, 0) is 0 Å². The maximum absolute atomic E-state index is 8.90. The molecule has 1 aromatic rings. The SMILES string of the molecule is COc1ncnc(N(CCO)CCO)c1N. The lowest BCUT2D eigenvalue weighted by Crippen LogP contribution is -2.31. The van der Waals surface area contributed by atoms with Crippen LogP contribution in [0.4, 0.5) is 11.5 Å². The van der Waals surface area contributed by atoms with Crippen molar-refractivity contribution in [3.8, 4) is 5.88 Å². The van der Waals surface area contributed by atoms with Crippen molar-refractivity contribution < 1.29 is 14.9 Å². The van der Waals surface area contributed by atoms with Crippen molar-refractivity contribution in [3.63, 3.8) is 0 Å². The summed E-state index contributed by atoms with van der Waals surface area (Å²) < 4.78 is 4.96. The van der Waals surface area contributed by atoms with Crippen LogP contribution in [0.2, 0.25) is 0 Å². The fourth-order valence-corrected chi connectivity index (χ4v) is 1.35. The van der Waals surface area contributed by atoms with Gasteiger partial charge in [0.2, 0.25) is 5.88 Å². The van der Waals surface area contributed by atoms with Gasteiger partial charge in [0, 0.05) is 13.1 Å². The zero-order valence-corrected chi connectivity index (χ0v) is 9.13. The molecule has 1 heterocycles. The number of nitrogens with two attached hydrogens (primary N) is 1. The Morgan fingerprint density at radius 3 is 2.44 bits per heavy atom. The third kappa shape index (κ3) is 2.71. The number of hydrogen-bond donors (Lipinski definition) is 3. The monoisotopic (exact) mass is 228 g/mol. The zero-order chi connectivity index (χ0) is 12.0. The lowest BCUT2D eigenvalue weighted by molar-refractivity contribution is 0.280. The van der Waals surface area contributed by atoms with Crippen LogP contribution in [0, 0.1) is 0 Å². The number of hydrogen-bond acceptors (Lipinski definition) is 7. The Morgan fingerprint density at radius 2 is 1.94 bits per heavy atom. The first kappa shape index (κ1) is 12.5. The molecule has 16 heavy (non-hydrogen) atoms. The van der Waals surface area contributed by atoms with Crippen molar-refractivity contribution in [1.82, 2.24) is 9.97 Å². The van der Waals surface area contributed by atoms with Crippen molar-refractivity contribution in [3.05, 3.63) is 6.33 Å². The van der Waals surface area contributed by atoms with E-state index < -0.39 is 0 Å². The molecule has 0 aliphatic rings. The Morgan fingerprint density at radius 1 is 1.31 bits per heavy atom. The van der Waals surface area contributed by atoms with Crippen LogP contribution in [-0.2, 0) is 0 Å². The van der Waals surface area contributed by atoms with Crippen LogP contribution in [-0.4, -0.2) is 53.6 Å². The zero-order valence-electron chi connectivity index (χ0n) is 9.13. The molecule has 0 amide bonds. The summed E-state index contributed by atoms with van der Waals surface area (Å²) in [6.07, 6.45) is 1.33. The molecule has 1 aromatic heterocycles. The first-order valence-electron chi connectivity index (χ1n) is 4.85. The molecule has 90 valence electrons. The summed E-state index contributed by atoms with van der Waals surface area (Å²) >= 11 is 0. The fourth-order valence-electron chi connectivity index (χ4n) is 1.35. The van der Waals surface area contributed by atoms with Crippen LogP contribution < -0.4 is 15.4 Å². The minimum absolute atomic E-state index is 0.0498. The van der Waals surface area contributed by atoms with Crippen LogP contribution in [0.3, 0.4) is 0 Å². The molecule has 0 aromatic carbocycles. The first-order valence-corrected chi connectivity index (χ1v) is 4.85. The molecule has 7 nitrogen and oxygen atoms in total. The van der Waals surface area contributed by atoms with Gasteiger partial charge in [-0.2, -0.15) is 4.98 Å². The number of anilines is 2. The molecule has 0 atom stereocenters. The molecule has 0 spiro atoms. The van der Waals surface area contributed by atoms with Gasteiger partial charge in [-0.15, -0.1) is 0 Å². The summed E-state index contributed by atoms with van der Waals surface area (Å²) in [7, 11) is 1.46. The number of rotatable bonds is 6. The van der Waals surface area contributed by atoms with E-state index in [0.717, 1.165) is 0 Å². The van der Waals surface area contributed by atoms with Crippen molar-refractivity contribution in [1.29, 1.82) is 0 Å². The molecule has 4 N–H and O–H groups in total. The highest BCUT2D eigenvalue weighted by molar-refractivity contribution is 5.67. The predicted molar refractivity (Wildman–Crippen MR) is 59.4 cm³/mol. The smallest absolute Gasteiger partial charge is 0.242 e. The molecule has 0 unspecified atom stereocenters. The minimum Gasteiger partial charge on any atom is -0.479 e. The standard InChI is InChI=1S/C9H16N4O3/c1-16-9-7(10)8(11-6-12-9)13(2-4-14)3-5-15/h6,14-15H,2-5,10H2,1H3. The van der Waals surface area contributed by atoms with E-state index in [1.54, 1.807) is 4.90 Å². The van der Waals surface area contributed by atoms with Crippen LogP contribution in [0.1, 0.15) is 0 Å². The van der Waals surface area contributed by atoms with Gasteiger partial charge < -0.3 is 25.6 Å². The van der Waals surface area contributed by atoms with Crippen LogP contribution in [0.5, 0.6) is 5.88 Å². The van der Waals surface area contributed by atoms with Crippen molar-refractivity contribution in [2.45, 2.75) is 0 Å². The van der Waals surface area contributed by atoms with E-state index >= 15 is 0 Å². The van der Waals surface area contributed by atoms with Crippen LogP contribution in [0.15, 0.2) is 6.33 Å². The Kier molecular flexibility index (Phi) is 4.74. The van der Waals surface area contributed by atoms with Crippen LogP contribution >= 0.6 is 0 Å². The molecule has 0 saturated carbocycles. The average Bonchev–Trinajstić information content (AvgIpc) is 2.29. The number of aromatic nitrogens is 2. The molecule has 7 heteroatoms. The molecule has 1 rings (SSSR count). The fraction of sp³-hybridized carbons (Fsp3) is 0.556. The largest absolute Gasteiger partial charge is 0.479 e. The van der Waals surface area contributed by atoms with Crippen LogP contribution in [0.25, 0.3) is 0 Å². The van der Waals surface area contributed by atoms with Gasteiger partial charge in [-0.3, -0.25) is 0 Å². The maximum Gasteiger partial charge on any atom is 0.242 e. The second-order valence-electron chi connectivity index (χ2n) is 3.05. The number of nitrogen functional groups attached to an aromatic ring is 1. The highest BCUT2D eigenvalue weighted by Crippen LogP contribution is 2.26. The highest BCUT2D eigenvalue weighted by atomic mass is 16.5. The van der Waals surface area contributed by atoms with E-state index in [4.69, 9.17) is 20.7 Å². The Hall–Kier alpha value is -1.60.